The molecular formula is C18H18F3NO2. The van der Waals surface area contributed by atoms with Gasteiger partial charge in [-0.3, -0.25) is 0 Å². The highest BCUT2D eigenvalue weighted by atomic mass is 19.4. The summed E-state index contributed by atoms with van der Waals surface area (Å²) in [6.07, 6.45) is -1.54. The van der Waals surface area contributed by atoms with Gasteiger partial charge >= 0.3 is 6.36 Å². The van der Waals surface area contributed by atoms with E-state index in [0.717, 1.165) is 24.8 Å². The summed E-state index contributed by atoms with van der Waals surface area (Å²) in [6.45, 7) is 0.391. The Balaban J connectivity index is 1.90. The molecular weight excluding hydrogens is 319 g/mol. The van der Waals surface area contributed by atoms with Gasteiger partial charge in [0.05, 0.1) is 6.61 Å². The maximum Gasteiger partial charge on any atom is 0.573 e. The molecule has 1 fully saturated rings. The van der Waals surface area contributed by atoms with E-state index in [1.54, 1.807) is 24.3 Å². The first-order valence-electron chi connectivity index (χ1n) is 7.80. The van der Waals surface area contributed by atoms with Crippen molar-refractivity contribution in [1.29, 1.82) is 0 Å². The van der Waals surface area contributed by atoms with E-state index in [2.05, 4.69) is 4.74 Å². The van der Waals surface area contributed by atoms with Crippen LogP contribution in [0.15, 0.2) is 42.5 Å². The lowest BCUT2D eigenvalue weighted by Crippen LogP contribution is -2.21. The zero-order chi connectivity index (χ0) is 17.2. The molecule has 128 valence electrons. The van der Waals surface area contributed by atoms with Crippen LogP contribution in [0.3, 0.4) is 0 Å². The third-order valence-corrected chi connectivity index (χ3v) is 4.14. The number of ether oxygens (including phenoxy) is 2. The summed E-state index contributed by atoms with van der Waals surface area (Å²) < 4.78 is 47.5. The van der Waals surface area contributed by atoms with Crippen molar-refractivity contribution >= 4 is 5.69 Å². The summed E-state index contributed by atoms with van der Waals surface area (Å²) in [5, 5.41) is 0. The molecule has 2 aromatic rings. The van der Waals surface area contributed by atoms with Crippen molar-refractivity contribution < 1.29 is 22.6 Å². The molecule has 1 saturated carbocycles. The molecule has 0 bridgehead atoms. The molecule has 3 rings (SSSR count). The lowest BCUT2D eigenvalue weighted by molar-refractivity contribution is -0.275. The van der Waals surface area contributed by atoms with E-state index in [9.17, 15) is 13.2 Å². The summed E-state index contributed by atoms with van der Waals surface area (Å²) in [7, 11) is 0. The van der Waals surface area contributed by atoms with Gasteiger partial charge in [-0.05, 0) is 42.5 Å². The number of hydrogen-bond acceptors (Lipinski definition) is 3. The van der Waals surface area contributed by atoms with Gasteiger partial charge in [-0.2, -0.15) is 0 Å². The maximum absolute atomic E-state index is 12.6. The minimum Gasteiger partial charge on any atom is -0.489 e. The lowest BCUT2D eigenvalue weighted by Gasteiger charge is -2.26. The van der Waals surface area contributed by atoms with Gasteiger partial charge in [0.15, 0.2) is 11.5 Å². The van der Waals surface area contributed by atoms with Crippen LogP contribution in [0.25, 0.3) is 11.1 Å². The van der Waals surface area contributed by atoms with Crippen LogP contribution in [0.4, 0.5) is 18.9 Å². The van der Waals surface area contributed by atoms with Crippen molar-refractivity contribution in [3.05, 3.63) is 42.5 Å². The standard InChI is InChI=1S/C18H18F3NO2/c19-18(20,21)24-16-9-8-13(14-6-1-2-7-15(14)22)10-17(16)23-11-12-4-3-5-12/h1-2,6-10,12H,3-5,11,22H2. The van der Waals surface area contributed by atoms with Crippen LogP contribution >= 0.6 is 0 Å². The predicted octanol–water partition coefficient (Wildman–Crippen LogP) is 5.01. The number of halogens is 3. The van der Waals surface area contributed by atoms with E-state index in [1.165, 1.54) is 6.07 Å². The molecule has 0 atom stereocenters. The van der Waals surface area contributed by atoms with Crippen LogP contribution in [-0.2, 0) is 0 Å². The van der Waals surface area contributed by atoms with Gasteiger partial charge in [0.25, 0.3) is 0 Å². The van der Waals surface area contributed by atoms with Crippen molar-refractivity contribution in [2.24, 2.45) is 5.92 Å². The lowest BCUT2D eigenvalue weighted by atomic mass is 9.86. The Morgan fingerprint density at radius 2 is 1.79 bits per heavy atom. The van der Waals surface area contributed by atoms with Crippen LogP contribution in [0.1, 0.15) is 19.3 Å². The Hall–Kier alpha value is -2.37. The average Bonchev–Trinajstić information content (AvgIpc) is 2.46. The fourth-order valence-corrected chi connectivity index (χ4v) is 2.62. The van der Waals surface area contributed by atoms with Gasteiger partial charge in [0.2, 0.25) is 0 Å². The number of nitrogens with two attached hydrogens (primary N) is 1. The zero-order valence-corrected chi connectivity index (χ0v) is 13.0. The fourth-order valence-electron chi connectivity index (χ4n) is 2.62. The molecule has 24 heavy (non-hydrogen) atoms. The van der Waals surface area contributed by atoms with Crippen molar-refractivity contribution in [2.45, 2.75) is 25.6 Å². The van der Waals surface area contributed by atoms with Crippen LogP contribution in [0.2, 0.25) is 0 Å². The van der Waals surface area contributed by atoms with E-state index in [-0.39, 0.29) is 11.5 Å². The highest BCUT2D eigenvalue weighted by Gasteiger charge is 2.33. The molecule has 0 aliphatic heterocycles. The molecule has 3 nitrogen and oxygen atoms in total. The summed E-state index contributed by atoms with van der Waals surface area (Å²) in [6, 6.07) is 11.5. The Morgan fingerprint density at radius 1 is 1.04 bits per heavy atom. The molecule has 0 spiro atoms. The second kappa shape index (κ2) is 6.63. The number of nitrogen functional groups attached to an aromatic ring is 1. The van der Waals surface area contributed by atoms with Crippen molar-refractivity contribution in [3.63, 3.8) is 0 Å². The topological polar surface area (TPSA) is 44.5 Å². The Kier molecular flexibility index (Phi) is 4.55. The number of para-hydroxylation sites is 1. The summed E-state index contributed by atoms with van der Waals surface area (Å²) in [4.78, 5) is 0. The third kappa shape index (κ3) is 3.93. The number of benzene rings is 2. The van der Waals surface area contributed by atoms with Gasteiger partial charge in [-0.1, -0.05) is 30.7 Å². The highest BCUT2D eigenvalue weighted by Crippen LogP contribution is 2.38. The molecule has 2 N–H and O–H groups in total. The normalized spacial score (nSPS) is 15.0. The minimum absolute atomic E-state index is 0.0833. The average molecular weight is 337 g/mol. The molecule has 0 saturated heterocycles. The first kappa shape index (κ1) is 16.5. The second-order valence-electron chi connectivity index (χ2n) is 5.90. The molecule has 0 amide bonds. The SMILES string of the molecule is Nc1ccccc1-c1ccc(OC(F)(F)F)c(OCC2CCC2)c1. The minimum atomic E-state index is -4.76. The molecule has 1 aliphatic rings. The van der Waals surface area contributed by atoms with Gasteiger partial charge < -0.3 is 15.2 Å². The predicted molar refractivity (Wildman–Crippen MR) is 85.8 cm³/mol. The van der Waals surface area contributed by atoms with E-state index >= 15 is 0 Å². The van der Waals surface area contributed by atoms with Crippen LogP contribution in [-0.4, -0.2) is 13.0 Å². The fraction of sp³-hybridized carbons (Fsp3) is 0.333. The molecule has 2 aromatic carbocycles. The van der Waals surface area contributed by atoms with Gasteiger partial charge in [-0.25, -0.2) is 0 Å². The highest BCUT2D eigenvalue weighted by molar-refractivity contribution is 5.77. The van der Waals surface area contributed by atoms with Gasteiger partial charge in [-0.15, -0.1) is 13.2 Å². The molecule has 0 aromatic heterocycles. The number of alkyl halides is 3. The Bertz CT molecular complexity index is 712. The Labute approximate surface area is 138 Å². The number of anilines is 1. The molecule has 0 heterocycles. The van der Waals surface area contributed by atoms with Crippen LogP contribution in [0, 0.1) is 5.92 Å². The first-order chi connectivity index (χ1) is 11.4. The third-order valence-electron chi connectivity index (χ3n) is 4.14. The van der Waals surface area contributed by atoms with E-state index < -0.39 is 6.36 Å². The maximum atomic E-state index is 12.6. The largest absolute Gasteiger partial charge is 0.573 e. The molecule has 0 radical (unpaired) electrons. The zero-order valence-electron chi connectivity index (χ0n) is 13.0. The smallest absolute Gasteiger partial charge is 0.489 e. The second-order valence-corrected chi connectivity index (χ2v) is 5.90. The van der Waals surface area contributed by atoms with Crippen LogP contribution < -0.4 is 15.2 Å². The molecule has 1 aliphatic carbocycles. The summed E-state index contributed by atoms with van der Waals surface area (Å²) in [5.41, 5.74) is 7.92. The summed E-state index contributed by atoms with van der Waals surface area (Å²) in [5.74, 6) is 0.147. The van der Waals surface area contributed by atoms with Crippen LogP contribution in [0.5, 0.6) is 11.5 Å². The summed E-state index contributed by atoms with van der Waals surface area (Å²) >= 11 is 0. The van der Waals surface area contributed by atoms with Crippen molar-refractivity contribution in [1.82, 2.24) is 0 Å². The van der Waals surface area contributed by atoms with E-state index in [1.807, 2.05) is 12.1 Å². The first-order valence-corrected chi connectivity index (χ1v) is 7.80. The molecule has 6 heteroatoms. The number of rotatable bonds is 5. The van der Waals surface area contributed by atoms with E-state index in [0.29, 0.717) is 23.8 Å². The molecule has 0 unspecified atom stereocenters. The van der Waals surface area contributed by atoms with Crippen molar-refractivity contribution in [2.75, 3.05) is 12.3 Å². The van der Waals surface area contributed by atoms with Crippen molar-refractivity contribution in [3.8, 4) is 22.6 Å². The van der Waals surface area contributed by atoms with Gasteiger partial charge in [0.1, 0.15) is 0 Å². The number of hydrogen-bond donors (Lipinski definition) is 1. The van der Waals surface area contributed by atoms with E-state index in [4.69, 9.17) is 10.5 Å². The Morgan fingerprint density at radius 3 is 2.42 bits per heavy atom. The van der Waals surface area contributed by atoms with Gasteiger partial charge in [0, 0.05) is 11.3 Å². The quantitative estimate of drug-likeness (QED) is 0.780. The monoisotopic (exact) mass is 337 g/mol.